The van der Waals surface area contributed by atoms with E-state index in [4.69, 9.17) is 4.74 Å². The number of ether oxygens (including phenoxy) is 1. The van der Waals surface area contributed by atoms with Crippen molar-refractivity contribution in [3.63, 3.8) is 0 Å². The summed E-state index contributed by atoms with van der Waals surface area (Å²) in [4.78, 5) is 18.4. The Labute approximate surface area is 162 Å². The Morgan fingerprint density at radius 3 is 2.82 bits per heavy atom. The number of rotatable bonds is 3. The number of H-pyrrole nitrogens is 1. The minimum atomic E-state index is -0.151. The van der Waals surface area contributed by atoms with Crippen molar-refractivity contribution in [3.05, 3.63) is 65.0 Å². The fraction of sp³-hybridized carbons (Fsp3) is 0.227. The van der Waals surface area contributed by atoms with Gasteiger partial charge in [0.05, 0.1) is 11.1 Å². The number of nitrogens with zero attached hydrogens (tertiary/aromatic N) is 1. The number of Topliss-reactive ketones (excluding diaryl/α,β-unsaturated/α-hetero) is 1. The first-order valence-electron chi connectivity index (χ1n) is 9.49. The molecule has 0 atom stereocenters. The molecule has 28 heavy (non-hydrogen) atoms. The number of carbonyl (C=O) groups excluding carboxylic acids is 1. The van der Waals surface area contributed by atoms with Gasteiger partial charge in [-0.1, -0.05) is 18.2 Å². The lowest BCUT2D eigenvalue weighted by Crippen LogP contribution is -2.42. The average molecular weight is 375 g/mol. The second-order valence-electron chi connectivity index (χ2n) is 7.20. The van der Waals surface area contributed by atoms with Crippen LogP contribution < -0.4 is 10.1 Å². The van der Waals surface area contributed by atoms with E-state index in [0.717, 1.165) is 42.6 Å². The molecule has 2 aromatic carbocycles. The Kier molecular flexibility index (Phi) is 4.15. The van der Waals surface area contributed by atoms with Gasteiger partial charge >= 0.3 is 0 Å². The molecule has 0 unspecified atom stereocenters. The van der Waals surface area contributed by atoms with Crippen molar-refractivity contribution in [2.24, 2.45) is 0 Å². The minimum absolute atomic E-state index is 0.151. The molecule has 0 radical (unpaired) electrons. The van der Waals surface area contributed by atoms with E-state index >= 15 is 0 Å². The summed E-state index contributed by atoms with van der Waals surface area (Å²) in [6.45, 7) is 4.19. The zero-order valence-electron chi connectivity index (χ0n) is 15.4. The molecule has 3 N–H and O–H groups in total. The standard InChI is InChI=1S/C22H21N3O3/c26-19-6-5-16-21(27)20(11-14-12-24-18-4-2-1-3-15(14)18)28-22(16)17(19)13-25-9-7-23-8-10-25/h1-6,11-12,23-24,26H,7-10,13H2/b20-11-. The van der Waals surface area contributed by atoms with Crippen molar-refractivity contribution in [2.75, 3.05) is 26.2 Å². The number of nitrogens with one attached hydrogen (secondary N) is 2. The quantitative estimate of drug-likeness (QED) is 0.614. The maximum Gasteiger partial charge on any atom is 0.231 e. The largest absolute Gasteiger partial charge is 0.507 e. The van der Waals surface area contributed by atoms with Crippen LogP contribution in [0.3, 0.4) is 0 Å². The van der Waals surface area contributed by atoms with Crippen LogP contribution >= 0.6 is 0 Å². The van der Waals surface area contributed by atoms with Crippen LogP contribution in [0.15, 0.2) is 48.4 Å². The Hall–Kier alpha value is -3.09. The maximum atomic E-state index is 12.9. The van der Waals surface area contributed by atoms with Crippen LogP contribution in [-0.4, -0.2) is 47.0 Å². The molecular weight excluding hydrogens is 354 g/mol. The summed E-state index contributed by atoms with van der Waals surface area (Å²) in [5, 5.41) is 14.8. The number of carbonyl (C=O) groups is 1. The molecule has 2 aliphatic rings. The highest BCUT2D eigenvalue weighted by molar-refractivity contribution is 6.15. The lowest BCUT2D eigenvalue weighted by Gasteiger charge is -2.27. The molecule has 5 rings (SSSR count). The van der Waals surface area contributed by atoms with Gasteiger partial charge in [-0.3, -0.25) is 9.69 Å². The predicted molar refractivity (Wildman–Crippen MR) is 107 cm³/mol. The van der Waals surface area contributed by atoms with Gasteiger partial charge in [-0.25, -0.2) is 0 Å². The Bertz CT molecular complexity index is 1090. The summed E-state index contributed by atoms with van der Waals surface area (Å²) < 4.78 is 5.99. The molecule has 1 aromatic heterocycles. The highest BCUT2D eigenvalue weighted by Gasteiger charge is 2.32. The first-order chi connectivity index (χ1) is 13.7. The van der Waals surface area contributed by atoms with Crippen molar-refractivity contribution in [1.82, 2.24) is 15.2 Å². The molecule has 6 heteroatoms. The zero-order valence-corrected chi connectivity index (χ0v) is 15.4. The molecule has 0 aliphatic carbocycles. The number of aromatic hydroxyl groups is 1. The number of aromatic nitrogens is 1. The smallest absolute Gasteiger partial charge is 0.231 e. The van der Waals surface area contributed by atoms with Gasteiger partial charge in [-0.15, -0.1) is 0 Å². The Balaban J connectivity index is 1.50. The number of aromatic amines is 1. The summed E-state index contributed by atoms with van der Waals surface area (Å²) in [5.41, 5.74) is 3.10. The van der Waals surface area contributed by atoms with E-state index in [-0.39, 0.29) is 17.3 Å². The summed E-state index contributed by atoms with van der Waals surface area (Å²) >= 11 is 0. The lowest BCUT2D eigenvalue weighted by molar-refractivity contribution is 0.101. The third-order valence-electron chi connectivity index (χ3n) is 5.42. The van der Waals surface area contributed by atoms with Gasteiger partial charge in [-0.2, -0.15) is 0 Å². The number of phenols is 1. The van der Waals surface area contributed by atoms with E-state index in [2.05, 4.69) is 15.2 Å². The van der Waals surface area contributed by atoms with Crippen LogP contribution in [0.4, 0.5) is 0 Å². The summed E-state index contributed by atoms with van der Waals surface area (Å²) in [6, 6.07) is 11.2. The molecule has 0 bridgehead atoms. The second kappa shape index (κ2) is 6.82. The SMILES string of the molecule is O=C1/C(=C/c2c[nH]c3ccccc23)Oc2c1ccc(O)c2CN1CCNCC1. The summed E-state index contributed by atoms with van der Waals surface area (Å²) in [7, 11) is 0. The van der Waals surface area contributed by atoms with Crippen LogP contribution in [0.5, 0.6) is 11.5 Å². The van der Waals surface area contributed by atoms with Crippen molar-refractivity contribution in [3.8, 4) is 11.5 Å². The minimum Gasteiger partial charge on any atom is -0.507 e. The molecule has 0 saturated carbocycles. The van der Waals surface area contributed by atoms with Gasteiger partial charge in [0.2, 0.25) is 5.78 Å². The van der Waals surface area contributed by atoms with E-state index in [9.17, 15) is 9.90 Å². The van der Waals surface area contributed by atoms with E-state index in [1.54, 1.807) is 18.2 Å². The van der Waals surface area contributed by atoms with Crippen molar-refractivity contribution in [2.45, 2.75) is 6.54 Å². The molecular formula is C22H21N3O3. The van der Waals surface area contributed by atoms with Gasteiger partial charge < -0.3 is 20.1 Å². The topological polar surface area (TPSA) is 77.6 Å². The molecule has 3 heterocycles. The Morgan fingerprint density at radius 1 is 1.14 bits per heavy atom. The number of ketones is 1. The number of piperazine rings is 1. The molecule has 6 nitrogen and oxygen atoms in total. The molecule has 2 aliphatic heterocycles. The number of benzene rings is 2. The first kappa shape index (κ1) is 17.0. The second-order valence-corrected chi connectivity index (χ2v) is 7.20. The monoisotopic (exact) mass is 375 g/mol. The van der Waals surface area contributed by atoms with Gasteiger partial charge in [0.15, 0.2) is 5.76 Å². The number of hydrogen-bond donors (Lipinski definition) is 3. The van der Waals surface area contributed by atoms with Crippen LogP contribution in [0.2, 0.25) is 0 Å². The number of allylic oxidation sites excluding steroid dienone is 1. The van der Waals surface area contributed by atoms with Crippen molar-refractivity contribution in [1.29, 1.82) is 0 Å². The molecule has 142 valence electrons. The molecule has 1 saturated heterocycles. The highest BCUT2D eigenvalue weighted by atomic mass is 16.5. The van der Waals surface area contributed by atoms with Gasteiger partial charge in [-0.05, 0) is 24.3 Å². The van der Waals surface area contributed by atoms with Gasteiger partial charge in [0.1, 0.15) is 11.5 Å². The lowest BCUT2D eigenvalue weighted by atomic mass is 10.0. The summed E-state index contributed by atoms with van der Waals surface area (Å²) in [6.07, 6.45) is 3.64. The number of fused-ring (bicyclic) bond motifs is 2. The third kappa shape index (κ3) is 2.87. The summed E-state index contributed by atoms with van der Waals surface area (Å²) in [5.74, 6) is 0.779. The van der Waals surface area contributed by atoms with Crippen LogP contribution in [0.25, 0.3) is 17.0 Å². The fourth-order valence-corrected chi connectivity index (χ4v) is 3.90. The van der Waals surface area contributed by atoms with E-state index in [1.807, 2.05) is 30.5 Å². The highest BCUT2D eigenvalue weighted by Crippen LogP contribution is 2.40. The zero-order chi connectivity index (χ0) is 19.1. The van der Waals surface area contributed by atoms with Gasteiger partial charge in [0, 0.05) is 55.4 Å². The fourth-order valence-electron chi connectivity index (χ4n) is 3.90. The van der Waals surface area contributed by atoms with Crippen molar-refractivity contribution >= 4 is 22.8 Å². The van der Waals surface area contributed by atoms with Crippen LogP contribution in [0, 0.1) is 0 Å². The van der Waals surface area contributed by atoms with Gasteiger partial charge in [0.25, 0.3) is 0 Å². The van der Waals surface area contributed by atoms with Crippen molar-refractivity contribution < 1.29 is 14.6 Å². The van der Waals surface area contributed by atoms with E-state index < -0.39 is 0 Å². The number of phenolic OH excluding ortho intramolecular Hbond substituents is 1. The average Bonchev–Trinajstić information content (AvgIpc) is 3.27. The Morgan fingerprint density at radius 2 is 1.96 bits per heavy atom. The van der Waals surface area contributed by atoms with E-state index in [1.165, 1.54) is 0 Å². The predicted octanol–water partition coefficient (Wildman–Crippen LogP) is 2.89. The molecule has 3 aromatic rings. The molecule has 0 amide bonds. The van der Waals surface area contributed by atoms with Crippen LogP contribution in [-0.2, 0) is 6.54 Å². The first-order valence-corrected chi connectivity index (χ1v) is 9.49. The van der Waals surface area contributed by atoms with E-state index in [0.29, 0.717) is 23.4 Å². The molecule has 1 fully saturated rings. The normalized spacial score (nSPS) is 18.6. The number of hydrogen-bond acceptors (Lipinski definition) is 5. The maximum absolute atomic E-state index is 12.9. The van der Waals surface area contributed by atoms with Crippen LogP contribution in [0.1, 0.15) is 21.5 Å². The molecule has 0 spiro atoms. The number of para-hydroxylation sites is 1. The third-order valence-corrected chi connectivity index (χ3v) is 5.42.